The van der Waals surface area contributed by atoms with Gasteiger partial charge in [0.25, 0.3) is 0 Å². The lowest BCUT2D eigenvalue weighted by molar-refractivity contribution is 0.00696. The first-order chi connectivity index (χ1) is 14.7. The molecule has 3 N–H and O–H groups in total. The number of nitrogens with two attached hydrogens (primary N) is 1. The minimum atomic E-state index is -3.83. The highest BCUT2D eigenvalue weighted by molar-refractivity contribution is 7.92. The summed E-state index contributed by atoms with van der Waals surface area (Å²) in [5.41, 5.74) is 5.04. The van der Waals surface area contributed by atoms with E-state index in [1.54, 1.807) is 27.7 Å². The summed E-state index contributed by atoms with van der Waals surface area (Å²) in [7, 11) is -3.83. The average Bonchev–Trinajstić information content (AvgIpc) is 2.63. The highest BCUT2D eigenvalue weighted by Gasteiger charge is 2.26. The van der Waals surface area contributed by atoms with Crippen LogP contribution in [-0.2, 0) is 14.8 Å². The minimum Gasteiger partial charge on any atom is -0.456 e. The van der Waals surface area contributed by atoms with Gasteiger partial charge in [0.2, 0.25) is 15.8 Å². The molecule has 0 radical (unpaired) electrons. The largest absolute Gasteiger partial charge is 0.456 e. The van der Waals surface area contributed by atoms with Gasteiger partial charge in [-0.05, 0) is 46.2 Å². The molecule has 2 aromatic carbocycles. The van der Waals surface area contributed by atoms with Crippen molar-refractivity contribution < 1.29 is 31.5 Å². The maximum atomic E-state index is 14.5. The molecule has 0 heterocycles. The summed E-state index contributed by atoms with van der Waals surface area (Å²) < 4.78 is 65.8. The second kappa shape index (κ2) is 9.50. The van der Waals surface area contributed by atoms with Crippen molar-refractivity contribution in [2.75, 3.05) is 16.2 Å². The van der Waals surface area contributed by atoms with Gasteiger partial charge in [-0.25, -0.2) is 17.6 Å². The predicted octanol–water partition coefficient (Wildman–Crippen LogP) is 5.41. The van der Waals surface area contributed by atoms with E-state index in [1.165, 1.54) is 19.1 Å². The lowest BCUT2D eigenvalue weighted by Crippen LogP contribution is -2.25. The number of sulfonamides is 1. The second-order valence-corrected chi connectivity index (χ2v) is 10.3. The maximum absolute atomic E-state index is 14.5. The molecular weight excluding hydrogens is 466 g/mol. The van der Waals surface area contributed by atoms with E-state index in [-0.39, 0.29) is 34.0 Å². The van der Waals surface area contributed by atoms with Crippen LogP contribution >= 0.6 is 11.6 Å². The molecule has 176 valence electrons. The molecule has 0 aliphatic carbocycles. The van der Waals surface area contributed by atoms with Gasteiger partial charge < -0.3 is 15.2 Å². The number of nitrogen functional groups attached to an aromatic ring is 1. The Kier molecular flexibility index (Phi) is 7.62. The van der Waals surface area contributed by atoms with E-state index in [4.69, 9.17) is 26.8 Å². The number of rotatable bonds is 7. The van der Waals surface area contributed by atoms with Crippen LogP contribution in [0.5, 0.6) is 11.5 Å². The molecule has 0 bridgehead atoms. The summed E-state index contributed by atoms with van der Waals surface area (Å²) in [5, 5.41) is -0.487. The number of carbonyl (C=O) groups is 1. The van der Waals surface area contributed by atoms with Crippen LogP contribution in [0.3, 0.4) is 0 Å². The Bertz CT molecular complexity index is 1150. The number of anilines is 2. The van der Waals surface area contributed by atoms with E-state index in [0.29, 0.717) is 12.5 Å². The molecule has 0 unspecified atom stereocenters. The molecule has 0 spiro atoms. The second-order valence-electron chi connectivity index (χ2n) is 8.04. The molecule has 0 fully saturated rings. The van der Waals surface area contributed by atoms with Crippen LogP contribution in [0.2, 0.25) is 5.02 Å². The first-order valence-electron chi connectivity index (χ1n) is 9.65. The van der Waals surface area contributed by atoms with Crippen molar-refractivity contribution in [1.82, 2.24) is 0 Å². The van der Waals surface area contributed by atoms with Gasteiger partial charge in [-0.3, -0.25) is 4.72 Å². The lowest BCUT2D eigenvalue weighted by Gasteiger charge is -2.22. The molecule has 2 aromatic rings. The number of hydrogen-bond donors (Lipinski definition) is 2. The van der Waals surface area contributed by atoms with Crippen LogP contribution in [0, 0.1) is 18.6 Å². The van der Waals surface area contributed by atoms with Crippen LogP contribution in [-0.4, -0.2) is 25.7 Å². The van der Waals surface area contributed by atoms with Crippen LogP contribution in [0.1, 0.15) is 50.0 Å². The van der Waals surface area contributed by atoms with Gasteiger partial charge >= 0.3 is 5.97 Å². The molecular formula is C21H25ClF2N2O5S. The molecule has 0 atom stereocenters. The van der Waals surface area contributed by atoms with Crippen LogP contribution in [0.15, 0.2) is 18.2 Å². The van der Waals surface area contributed by atoms with Crippen molar-refractivity contribution in [2.45, 2.75) is 46.6 Å². The van der Waals surface area contributed by atoms with Crippen molar-refractivity contribution in [2.24, 2.45) is 0 Å². The van der Waals surface area contributed by atoms with Crippen molar-refractivity contribution in [1.29, 1.82) is 0 Å². The smallest absolute Gasteiger partial charge is 0.341 e. The molecule has 11 heteroatoms. The maximum Gasteiger partial charge on any atom is 0.341 e. The first kappa shape index (κ1) is 25.7. The topological polar surface area (TPSA) is 108 Å². The van der Waals surface area contributed by atoms with Gasteiger partial charge in [0, 0.05) is 17.3 Å². The van der Waals surface area contributed by atoms with E-state index in [0.717, 1.165) is 0 Å². The van der Waals surface area contributed by atoms with Gasteiger partial charge in [-0.2, -0.15) is 4.39 Å². The van der Waals surface area contributed by atoms with Crippen LogP contribution in [0.25, 0.3) is 0 Å². The fraction of sp³-hybridized carbons (Fsp3) is 0.381. The molecule has 0 aliphatic heterocycles. The molecule has 0 aliphatic rings. The summed E-state index contributed by atoms with van der Waals surface area (Å²) >= 11 is 6.14. The highest BCUT2D eigenvalue weighted by atomic mass is 35.5. The quantitative estimate of drug-likeness (QED) is 0.305. The third-order valence-electron chi connectivity index (χ3n) is 4.12. The van der Waals surface area contributed by atoms with Gasteiger partial charge in [-0.15, -0.1) is 0 Å². The number of benzene rings is 2. The zero-order valence-electron chi connectivity index (χ0n) is 18.3. The van der Waals surface area contributed by atoms with Crippen molar-refractivity contribution in [3.8, 4) is 11.5 Å². The Balaban J connectivity index is 2.53. The number of hydrogen-bond acceptors (Lipinski definition) is 6. The Morgan fingerprint density at radius 1 is 1.25 bits per heavy atom. The Morgan fingerprint density at radius 2 is 1.88 bits per heavy atom. The monoisotopic (exact) mass is 490 g/mol. The van der Waals surface area contributed by atoms with Crippen molar-refractivity contribution >= 4 is 39.0 Å². The highest BCUT2D eigenvalue weighted by Crippen LogP contribution is 2.41. The minimum absolute atomic E-state index is 0.00534. The fourth-order valence-electron chi connectivity index (χ4n) is 2.77. The number of ether oxygens (including phenoxy) is 2. The molecule has 0 saturated carbocycles. The predicted molar refractivity (Wildman–Crippen MR) is 120 cm³/mol. The van der Waals surface area contributed by atoms with Gasteiger partial charge in [0.1, 0.15) is 16.4 Å². The van der Waals surface area contributed by atoms with Crippen molar-refractivity contribution in [3.63, 3.8) is 0 Å². The SMILES string of the molecule is CCCS(=O)(=O)Nc1cc(F)c(F)c(Oc2ccc(N)c(C(=O)OC(C)(C)C)c2C)c1Cl. The third kappa shape index (κ3) is 6.01. The number of carbonyl (C=O) groups excluding carboxylic acids is 1. The molecule has 0 amide bonds. The zero-order chi connectivity index (χ0) is 24.4. The van der Waals surface area contributed by atoms with E-state index in [1.807, 2.05) is 0 Å². The molecule has 32 heavy (non-hydrogen) atoms. The van der Waals surface area contributed by atoms with Crippen LogP contribution in [0.4, 0.5) is 20.2 Å². The first-order valence-corrected chi connectivity index (χ1v) is 11.7. The average molecular weight is 491 g/mol. The van der Waals surface area contributed by atoms with Gasteiger partial charge in [-0.1, -0.05) is 18.5 Å². The molecule has 0 aromatic heterocycles. The molecule has 2 rings (SSSR count). The van der Waals surface area contributed by atoms with E-state index >= 15 is 0 Å². The van der Waals surface area contributed by atoms with E-state index in [9.17, 15) is 22.0 Å². The summed E-state index contributed by atoms with van der Waals surface area (Å²) in [6.45, 7) is 8.17. The summed E-state index contributed by atoms with van der Waals surface area (Å²) in [6.07, 6.45) is 0.304. The zero-order valence-corrected chi connectivity index (χ0v) is 19.9. The lowest BCUT2D eigenvalue weighted by atomic mass is 10.0. The molecule has 0 saturated heterocycles. The summed E-state index contributed by atoms with van der Waals surface area (Å²) in [4.78, 5) is 12.6. The normalized spacial score (nSPS) is 11.9. The molecule has 7 nitrogen and oxygen atoms in total. The summed E-state index contributed by atoms with van der Waals surface area (Å²) in [6, 6.07) is 3.32. The Morgan fingerprint density at radius 3 is 2.44 bits per heavy atom. The fourth-order valence-corrected chi connectivity index (χ4v) is 4.18. The van der Waals surface area contributed by atoms with Gasteiger partial charge in [0.15, 0.2) is 11.6 Å². The number of halogens is 3. The standard InChI is InChI=1S/C21H25ClF2N2O5S/c1-6-9-32(28,29)26-14-10-12(23)18(24)19(17(14)22)30-15-8-7-13(25)16(11(15)2)20(27)31-21(3,4)5/h7-8,10,26H,6,9,25H2,1-5H3. The Hall–Kier alpha value is -2.59. The van der Waals surface area contributed by atoms with Crippen LogP contribution < -0.4 is 15.2 Å². The number of esters is 1. The van der Waals surface area contributed by atoms with E-state index < -0.39 is 44.0 Å². The summed E-state index contributed by atoms with van der Waals surface area (Å²) in [5.74, 6) is -4.56. The Labute approximate surface area is 190 Å². The van der Waals surface area contributed by atoms with Gasteiger partial charge in [0.05, 0.1) is 17.0 Å². The third-order valence-corrected chi connectivity index (χ3v) is 5.97. The number of nitrogens with one attached hydrogen (secondary N) is 1. The van der Waals surface area contributed by atoms with E-state index in [2.05, 4.69) is 4.72 Å². The van der Waals surface area contributed by atoms with Crippen molar-refractivity contribution in [3.05, 3.63) is 46.0 Å².